The molecule has 0 radical (unpaired) electrons. The maximum atomic E-state index is 12.1. The van der Waals surface area contributed by atoms with Gasteiger partial charge >= 0.3 is 5.97 Å². The number of nitrogens with zero attached hydrogens (tertiary/aromatic N) is 3. The first kappa shape index (κ1) is 16.7. The minimum Gasteiger partial charge on any atom is -0.468 e. The molecule has 1 atom stereocenters. The van der Waals surface area contributed by atoms with Crippen LogP contribution in [-0.4, -0.2) is 47.7 Å². The fraction of sp³-hybridized carbons (Fsp3) is 0.375. The number of aromatic nitrogens is 2. The quantitative estimate of drug-likeness (QED) is 0.763. The number of fused-ring (bicyclic) bond motifs is 1. The van der Waals surface area contributed by atoms with Gasteiger partial charge in [0.15, 0.2) is 0 Å². The van der Waals surface area contributed by atoms with E-state index in [1.165, 1.54) is 11.4 Å². The molecule has 0 saturated heterocycles. The van der Waals surface area contributed by atoms with Gasteiger partial charge in [0.05, 0.1) is 37.6 Å². The topological polar surface area (TPSA) is 81.5 Å². The standard InChI is InChI=1S/C16H19N3O4S/c1-23-16(20)14-8-13-15(10-19(14)24(2,21)22)18(11-17-13)9-12-6-4-3-5-7-12/h3-7,11,14H,8-10H2,1-2H3/t14-/m1/s1. The van der Waals surface area contributed by atoms with Crippen LogP contribution in [0.1, 0.15) is 17.0 Å². The van der Waals surface area contributed by atoms with Crippen molar-refractivity contribution < 1.29 is 17.9 Å². The second kappa shape index (κ2) is 6.37. The number of sulfonamides is 1. The van der Waals surface area contributed by atoms with Crippen molar-refractivity contribution >= 4 is 16.0 Å². The third kappa shape index (κ3) is 3.20. The molecule has 1 aromatic heterocycles. The number of ether oxygens (including phenoxy) is 1. The highest BCUT2D eigenvalue weighted by atomic mass is 32.2. The first-order valence-corrected chi connectivity index (χ1v) is 9.36. The second-order valence-corrected chi connectivity index (χ2v) is 7.74. The van der Waals surface area contributed by atoms with Gasteiger partial charge in [0.2, 0.25) is 10.0 Å². The van der Waals surface area contributed by atoms with Gasteiger partial charge in [0.1, 0.15) is 6.04 Å². The van der Waals surface area contributed by atoms with Crippen molar-refractivity contribution in [3.8, 4) is 0 Å². The number of imidazole rings is 1. The Morgan fingerprint density at radius 3 is 2.67 bits per heavy atom. The lowest BCUT2D eigenvalue weighted by molar-refractivity contribution is -0.145. The number of methoxy groups -OCH3 is 1. The molecular formula is C16H19N3O4S. The zero-order valence-electron chi connectivity index (χ0n) is 13.5. The summed E-state index contributed by atoms with van der Waals surface area (Å²) >= 11 is 0. The lowest BCUT2D eigenvalue weighted by Gasteiger charge is -2.31. The number of esters is 1. The molecule has 128 valence electrons. The van der Waals surface area contributed by atoms with Gasteiger partial charge in [-0.2, -0.15) is 4.31 Å². The normalized spacial score (nSPS) is 18.2. The van der Waals surface area contributed by atoms with Gasteiger partial charge in [-0.3, -0.25) is 4.79 Å². The predicted octanol–water partition coefficient (Wildman–Crippen LogP) is 0.791. The highest BCUT2D eigenvalue weighted by molar-refractivity contribution is 7.88. The lowest BCUT2D eigenvalue weighted by atomic mass is 10.1. The molecule has 7 nitrogen and oxygen atoms in total. The SMILES string of the molecule is COC(=O)[C@H]1Cc2ncn(Cc3ccccc3)c2CN1S(C)(=O)=O. The first-order valence-electron chi connectivity index (χ1n) is 7.51. The zero-order valence-corrected chi connectivity index (χ0v) is 14.4. The van der Waals surface area contributed by atoms with Crippen molar-refractivity contribution in [2.75, 3.05) is 13.4 Å². The molecule has 24 heavy (non-hydrogen) atoms. The van der Waals surface area contributed by atoms with Crippen LogP contribution in [0.25, 0.3) is 0 Å². The number of hydrogen-bond acceptors (Lipinski definition) is 5. The third-order valence-electron chi connectivity index (χ3n) is 4.17. The van der Waals surface area contributed by atoms with Crippen LogP contribution in [0.2, 0.25) is 0 Å². The summed E-state index contributed by atoms with van der Waals surface area (Å²) in [4.78, 5) is 16.3. The van der Waals surface area contributed by atoms with E-state index in [4.69, 9.17) is 4.74 Å². The Balaban J connectivity index is 1.94. The van der Waals surface area contributed by atoms with E-state index >= 15 is 0 Å². The molecule has 3 rings (SSSR count). The van der Waals surface area contributed by atoms with Crippen LogP contribution in [0.5, 0.6) is 0 Å². The van der Waals surface area contributed by atoms with Crippen molar-refractivity contribution in [2.45, 2.75) is 25.6 Å². The molecule has 0 aliphatic carbocycles. The van der Waals surface area contributed by atoms with Crippen LogP contribution in [-0.2, 0) is 39.1 Å². The van der Waals surface area contributed by atoms with E-state index in [1.54, 1.807) is 6.33 Å². The van der Waals surface area contributed by atoms with Crippen molar-refractivity contribution in [1.29, 1.82) is 0 Å². The highest BCUT2D eigenvalue weighted by Gasteiger charge is 2.39. The lowest BCUT2D eigenvalue weighted by Crippen LogP contribution is -2.49. The van der Waals surface area contributed by atoms with Crippen LogP contribution in [0.3, 0.4) is 0 Å². The molecule has 1 aromatic carbocycles. The minimum absolute atomic E-state index is 0.112. The molecular weight excluding hydrogens is 330 g/mol. The van der Waals surface area contributed by atoms with Crippen LogP contribution >= 0.6 is 0 Å². The Labute approximate surface area is 140 Å². The average Bonchev–Trinajstić information content (AvgIpc) is 2.95. The van der Waals surface area contributed by atoms with Gasteiger partial charge in [-0.25, -0.2) is 13.4 Å². The average molecular weight is 349 g/mol. The van der Waals surface area contributed by atoms with Gasteiger partial charge in [0, 0.05) is 13.0 Å². The maximum Gasteiger partial charge on any atom is 0.324 e. The van der Waals surface area contributed by atoms with E-state index in [0.717, 1.165) is 23.2 Å². The van der Waals surface area contributed by atoms with Gasteiger partial charge in [-0.15, -0.1) is 0 Å². The fourth-order valence-corrected chi connectivity index (χ4v) is 3.93. The molecule has 0 fully saturated rings. The molecule has 0 unspecified atom stereocenters. The molecule has 0 bridgehead atoms. The van der Waals surface area contributed by atoms with E-state index in [1.807, 2.05) is 34.9 Å². The van der Waals surface area contributed by atoms with Crippen LogP contribution in [0.4, 0.5) is 0 Å². The molecule has 0 amide bonds. The Hall–Kier alpha value is -2.19. The molecule has 8 heteroatoms. The smallest absolute Gasteiger partial charge is 0.324 e. The van der Waals surface area contributed by atoms with E-state index in [-0.39, 0.29) is 13.0 Å². The largest absolute Gasteiger partial charge is 0.468 e. The van der Waals surface area contributed by atoms with Crippen LogP contribution < -0.4 is 0 Å². The maximum absolute atomic E-state index is 12.1. The van der Waals surface area contributed by atoms with Crippen LogP contribution in [0.15, 0.2) is 36.7 Å². The van der Waals surface area contributed by atoms with Gasteiger partial charge in [-0.1, -0.05) is 30.3 Å². The summed E-state index contributed by atoms with van der Waals surface area (Å²) in [6, 6.07) is 8.99. The monoisotopic (exact) mass is 349 g/mol. The number of carbonyl (C=O) groups excluding carboxylic acids is 1. The molecule has 0 N–H and O–H groups in total. The molecule has 2 aromatic rings. The Morgan fingerprint density at radius 1 is 1.33 bits per heavy atom. The van der Waals surface area contributed by atoms with Crippen molar-refractivity contribution in [1.82, 2.24) is 13.9 Å². The highest BCUT2D eigenvalue weighted by Crippen LogP contribution is 2.26. The van der Waals surface area contributed by atoms with Crippen molar-refractivity contribution in [3.63, 3.8) is 0 Å². The van der Waals surface area contributed by atoms with Gasteiger partial charge in [-0.05, 0) is 5.56 Å². The van der Waals surface area contributed by atoms with E-state index in [9.17, 15) is 13.2 Å². The first-order chi connectivity index (χ1) is 11.4. The summed E-state index contributed by atoms with van der Waals surface area (Å²) < 4.78 is 32.1. The van der Waals surface area contributed by atoms with Gasteiger partial charge in [0.25, 0.3) is 0 Å². The number of hydrogen-bond donors (Lipinski definition) is 0. The number of benzene rings is 1. The molecule has 2 heterocycles. The van der Waals surface area contributed by atoms with Crippen molar-refractivity contribution in [3.05, 3.63) is 53.6 Å². The van der Waals surface area contributed by atoms with E-state index < -0.39 is 22.0 Å². The molecule has 1 aliphatic rings. The fourth-order valence-electron chi connectivity index (χ4n) is 2.95. The molecule has 0 spiro atoms. The number of rotatable bonds is 4. The van der Waals surface area contributed by atoms with E-state index in [0.29, 0.717) is 6.54 Å². The summed E-state index contributed by atoms with van der Waals surface area (Å²) in [5, 5.41) is 0. The Morgan fingerprint density at radius 2 is 2.04 bits per heavy atom. The summed E-state index contributed by atoms with van der Waals surface area (Å²) in [5.41, 5.74) is 2.64. The zero-order chi connectivity index (χ0) is 17.3. The second-order valence-electron chi connectivity index (χ2n) is 5.80. The third-order valence-corrected chi connectivity index (χ3v) is 5.40. The Kier molecular flexibility index (Phi) is 4.42. The number of carbonyl (C=O) groups is 1. The summed E-state index contributed by atoms with van der Waals surface area (Å²) in [7, 11) is -2.29. The molecule has 1 aliphatic heterocycles. The molecule has 0 saturated carbocycles. The summed E-state index contributed by atoms with van der Waals surface area (Å²) in [6.45, 7) is 0.713. The van der Waals surface area contributed by atoms with Crippen molar-refractivity contribution in [2.24, 2.45) is 0 Å². The summed E-state index contributed by atoms with van der Waals surface area (Å²) in [5.74, 6) is -0.566. The summed E-state index contributed by atoms with van der Waals surface area (Å²) in [6.07, 6.45) is 3.01. The Bertz CT molecular complexity index is 845. The van der Waals surface area contributed by atoms with Crippen LogP contribution in [0, 0.1) is 0 Å². The van der Waals surface area contributed by atoms with E-state index in [2.05, 4.69) is 4.98 Å². The predicted molar refractivity (Wildman–Crippen MR) is 87.7 cm³/mol. The minimum atomic E-state index is -3.55. The van der Waals surface area contributed by atoms with Gasteiger partial charge < -0.3 is 9.30 Å².